The highest BCUT2D eigenvalue weighted by Crippen LogP contribution is 2.31. The summed E-state index contributed by atoms with van der Waals surface area (Å²) < 4.78 is 38.4. The first-order valence-corrected chi connectivity index (χ1v) is 8.78. The number of likely N-dealkylation sites (tertiary alicyclic amines) is 2. The second-order valence-electron chi connectivity index (χ2n) is 7.21. The first kappa shape index (κ1) is 19.0. The van der Waals surface area contributed by atoms with Crippen molar-refractivity contribution >= 4 is 5.91 Å². The van der Waals surface area contributed by atoms with Gasteiger partial charge in [-0.3, -0.25) is 4.79 Å². The molecular formula is C17H23F3N4O2. The van der Waals surface area contributed by atoms with Gasteiger partial charge < -0.3 is 14.9 Å². The second-order valence-corrected chi connectivity index (χ2v) is 7.21. The fourth-order valence-electron chi connectivity index (χ4n) is 3.73. The number of carbonyl (C=O) groups excluding carboxylic acids is 1. The third kappa shape index (κ3) is 4.32. The van der Waals surface area contributed by atoms with Crippen LogP contribution >= 0.6 is 0 Å². The number of rotatable bonds is 3. The van der Waals surface area contributed by atoms with E-state index in [0.29, 0.717) is 45.4 Å². The fraction of sp³-hybridized carbons (Fsp3) is 0.706. The summed E-state index contributed by atoms with van der Waals surface area (Å²) in [6, 6.07) is 0.867. The summed E-state index contributed by atoms with van der Waals surface area (Å²) in [7, 11) is 1.91. The van der Waals surface area contributed by atoms with Gasteiger partial charge in [-0.05, 0) is 26.0 Å². The van der Waals surface area contributed by atoms with Crippen LogP contribution in [0, 0.1) is 5.92 Å². The van der Waals surface area contributed by atoms with E-state index in [1.165, 1.54) is 0 Å². The van der Waals surface area contributed by atoms with E-state index in [1.54, 1.807) is 4.90 Å². The zero-order chi connectivity index (χ0) is 18.9. The molecule has 2 aliphatic heterocycles. The Bertz CT molecular complexity index is 647. The van der Waals surface area contributed by atoms with Crippen LogP contribution in [-0.2, 0) is 11.0 Å². The second kappa shape index (κ2) is 7.48. The predicted octanol–water partition coefficient (Wildman–Crippen LogP) is 1.51. The highest BCUT2D eigenvalue weighted by Gasteiger charge is 2.35. The molecule has 0 spiro atoms. The number of aliphatic hydroxyl groups is 1. The Morgan fingerprint density at radius 3 is 2.58 bits per heavy atom. The number of halogens is 3. The molecule has 9 heteroatoms. The van der Waals surface area contributed by atoms with Crippen LogP contribution in [0.15, 0.2) is 12.3 Å². The summed E-state index contributed by atoms with van der Waals surface area (Å²) in [6.45, 7) is 2.22. The molecule has 1 aromatic heterocycles. The van der Waals surface area contributed by atoms with Crippen LogP contribution in [0.25, 0.3) is 0 Å². The molecule has 2 aliphatic rings. The van der Waals surface area contributed by atoms with Gasteiger partial charge in [-0.25, -0.2) is 9.97 Å². The Balaban J connectivity index is 1.55. The van der Waals surface area contributed by atoms with E-state index in [2.05, 4.69) is 9.97 Å². The number of β-amino-alcohol motifs (C(OH)–C–C–N with tert-alkyl or cyclic N) is 1. The van der Waals surface area contributed by atoms with Crippen molar-refractivity contribution in [1.29, 1.82) is 0 Å². The van der Waals surface area contributed by atoms with Crippen LogP contribution in [0.2, 0.25) is 0 Å². The van der Waals surface area contributed by atoms with Gasteiger partial charge in [0.1, 0.15) is 11.5 Å². The molecule has 2 saturated heterocycles. The number of aromatic nitrogens is 2. The summed E-state index contributed by atoms with van der Waals surface area (Å²) in [5, 5.41) is 9.97. The van der Waals surface area contributed by atoms with Crippen molar-refractivity contribution in [3.05, 3.63) is 23.8 Å². The van der Waals surface area contributed by atoms with Crippen LogP contribution < -0.4 is 0 Å². The Morgan fingerprint density at radius 1 is 1.31 bits per heavy atom. The topological polar surface area (TPSA) is 69.6 Å². The summed E-state index contributed by atoms with van der Waals surface area (Å²) in [5.41, 5.74) is -0.930. The average molecular weight is 372 g/mol. The van der Waals surface area contributed by atoms with E-state index in [9.17, 15) is 23.1 Å². The Kier molecular flexibility index (Phi) is 5.47. The molecule has 2 atom stereocenters. The molecule has 1 N–H and O–H groups in total. The molecule has 26 heavy (non-hydrogen) atoms. The molecule has 0 aromatic carbocycles. The number of amides is 1. The molecule has 0 unspecified atom stereocenters. The summed E-state index contributed by atoms with van der Waals surface area (Å²) in [5.74, 6) is -0.0471. The van der Waals surface area contributed by atoms with Gasteiger partial charge in [-0.2, -0.15) is 13.2 Å². The number of nitrogens with zero attached hydrogens (tertiary/aromatic N) is 4. The normalized spacial score (nSPS) is 25.7. The molecule has 1 amide bonds. The lowest BCUT2D eigenvalue weighted by Gasteiger charge is -2.32. The first-order valence-electron chi connectivity index (χ1n) is 8.78. The summed E-state index contributed by atoms with van der Waals surface area (Å²) >= 11 is 0. The maximum atomic E-state index is 12.8. The number of piperidine rings is 1. The van der Waals surface area contributed by atoms with Crippen molar-refractivity contribution in [2.45, 2.75) is 37.5 Å². The number of alkyl halides is 3. The van der Waals surface area contributed by atoms with Gasteiger partial charge in [0.2, 0.25) is 5.91 Å². The van der Waals surface area contributed by atoms with E-state index >= 15 is 0 Å². The monoisotopic (exact) mass is 372 g/mol. The molecule has 6 nitrogen and oxygen atoms in total. The molecule has 0 aliphatic carbocycles. The van der Waals surface area contributed by atoms with Crippen molar-refractivity contribution in [1.82, 2.24) is 19.8 Å². The quantitative estimate of drug-likeness (QED) is 0.871. The number of carbonyl (C=O) groups is 1. The largest absolute Gasteiger partial charge is 0.433 e. The van der Waals surface area contributed by atoms with Gasteiger partial charge in [0.15, 0.2) is 0 Å². The third-order valence-electron chi connectivity index (χ3n) is 5.20. The van der Waals surface area contributed by atoms with Crippen molar-refractivity contribution < 1.29 is 23.1 Å². The zero-order valence-corrected chi connectivity index (χ0v) is 14.6. The number of likely N-dealkylation sites (N-methyl/N-ethyl adjacent to an activating group) is 1. The van der Waals surface area contributed by atoms with E-state index in [1.807, 2.05) is 11.9 Å². The van der Waals surface area contributed by atoms with E-state index in [4.69, 9.17) is 0 Å². The van der Waals surface area contributed by atoms with E-state index in [-0.39, 0.29) is 23.6 Å². The van der Waals surface area contributed by atoms with Gasteiger partial charge in [-0.1, -0.05) is 0 Å². The van der Waals surface area contributed by atoms with Crippen LogP contribution in [0.1, 0.15) is 36.7 Å². The summed E-state index contributed by atoms with van der Waals surface area (Å²) in [6.07, 6.45) is -2.44. The maximum Gasteiger partial charge on any atom is 0.433 e. The molecular weight excluding hydrogens is 349 g/mol. The van der Waals surface area contributed by atoms with E-state index in [0.717, 1.165) is 12.3 Å². The van der Waals surface area contributed by atoms with E-state index < -0.39 is 18.0 Å². The lowest BCUT2D eigenvalue weighted by atomic mass is 9.94. The number of hydrogen-bond acceptors (Lipinski definition) is 5. The van der Waals surface area contributed by atoms with Crippen molar-refractivity contribution in [3.8, 4) is 0 Å². The Morgan fingerprint density at radius 2 is 2.00 bits per heavy atom. The SMILES string of the molecule is CN1C[C@@H](CC(=O)N2CCC(c3nccc(C(F)(F)F)n3)CC2)[C@H](O)C1. The summed E-state index contributed by atoms with van der Waals surface area (Å²) in [4.78, 5) is 23.8. The minimum absolute atomic E-state index is 0.00670. The van der Waals surface area contributed by atoms with Crippen LogP contribution in [0.5, 0.6) is 0 Å². The minimum Gasteiger partial charge on any atom is -0.391 e. The maximum absolute atomic E-state index is 12.8. The molecule has 3 rings (SSSR count). The molecule has 1 aromatic rings. The smallest absolute Gasteiger partial charge is 0.391 e. The number of hydrogen-bond donors (Lipinski definition) is 1. The predicted molar refractivity (Wildman–Crippen MR) is 87.2 cm³/mol. The van der Waals surface area contributed by atoms with Gasteiger partial charge in [-0.15, -0.1) is 0 Å². The highest BCUT2D eigenvalue weighted by atomic mass is 19.4. The van der Waals surface area contributed by atoms with Crippen molar-refractivity contribution in [2.75, 3.05) is 33.2 Å². The minimum atomic E-state index is -4.48. The third-order valence-corrected chi connectivity index (χ3v) is 5.20. The lowest BCUT2D eigenvalue weighted by molar-refractivity contribution is -0.141. The van der Waals surface area contributed by atoms with Crippen molar-refractivity contribution in [3.63, 3.8) is 0 Å². The molecule has 0 bridgehead atoms. The first-order chi connectivity index (χ1) is 12.2. The van der Waals surface area contributed by atoms with Gasteiger partial charge in [0, 0.05) is 50.6 Å². The molecule has 0 radical (unpaired) electrons. The lowest BCUT2D eigenvalue weighted by Crippen LogP contribution is -2.40. The standard InChI is InChI=1S/C17H23F3N4O2/c1-23-9-12(13(25)10-23)8-15(26)24-6-3-11(4-7-24)16-21-5-2-14(22-16)17(18,19)20/h2,5,11-13,25H,3-4,6-10H2,1H3/t12-,13-/m1/s1. The van der Waals surface area contributed by atoms with Gasteiger partial charge >= 0.3 is 6.18 Å². The average Bonchev–Trinajstić information content (AvgIpc) is 2.91. The zero-order valence-electron chi connectivity index (χ0n) is 14.6. The molecule has 3 heterocycles. The number of aliphatic hydroxyl groups excluding tert-OH is 1. The van der Waals surface area contributed by atoms with Crippen molar-refractivity contribution in [2.24, 2.45) is 5.92 Å². The fourth-order valence-corrected chi connectivity index (χ4v) is 3.73. The highest BCUT2D eigenvalue weighted by molar-refractivity contribution is 5.76. The van der Waals surface area contributed by atoms with Gasteiger partial charge in [0.25, 0.3) is 0 Å². The molecule has 0 saturated carbocycles. The van der Waals surface area contributed by atoms with Crippen LogP contribution in [0.4, 0.5) is 13.2 Å². The Labute approximate surface area is 150 Å². The van der Waals surface area contributed by atoms with Crippen LogP contribution in [0.3, 0.4) is 0 Å². The Hall–Kier alpha value is -1.74. The molecule has 144 valence electrons. The molecule has 2 fully saturated rings. The van der Waals surface area contributed by atoms with Crippen LogP contribution in [-0.4, -0.2) is 70.1 Å². The van der Waals surface area contributed by atoms with Gasteiger partial charge in [0.05, 0.1) is 6.10 Å².